The fraction of sp³-hybridized carbons (Fsp3) is 0.533. The molecule has 4 heteroatoms. The van der Waals surface area contributed by atoms with Gasteiger partial charge < -0.3 is 15.5 Å². The summed E-state index contributed by atoms with van der Waals surface area (Å²) >= 11 is 0. The zero-order chi connectivity index (χ0) is 14.4. The highest BCUT2D eigenvalue weighted by Crippen LogP contribution is 2.20. The fourth-order valence-electron chi connectivity index (χ4n) is 2.13. The van der Waals surface area contributed by atoms with Crippen LogP contribution in [0.5, 0.6) is 0 Å². The van der Waals surface area contributed by atoms with Gasteiger partial charge in [0.05, 0.1) is 6.54 Å². The molecular weight excluding hydrogens is 238 g/mol. The molecule has 0 aliphatic carbocycles. The molecule has 0 radical (unpaired) electrons. The summed E-state index contributed by atoms with van der Waals surface area (Å²) in [5.74, 6) is 0.0520. The molecule has 4 nitrogen and oxygen atoms in total. The number of carbonyl (C=O) groups excluding carboxylic acids is 1. The van der Waals surface area contributed by atoms with Gasteiger partial charge in [-0.1, -0.05) is 12.1 Å². The van der Waals surface area contributed by atoms with Gasteiger partial charge in [0.25, 0.3) is 0 Å². The van der Waals surface area contributed by atoms with Crippen LogP contribution in [0, 0.1) is 6.92 Å². The number of nitrogens with one attached hydrogen (secondary N) is 2. The molecule has 2 N–H and O–H groups in total. The second-order valence-electron chi connectivity index (χ2n) is 5.23. The first-order valence-corrected chi connectivity index (χ1v) is 6.68. The van der Waals surface area contributed by atoms with E-state index in [1.54, 1.807) is 0 Å². The lowest BCUT2D eigenvalue weighted by Crippen LogP contribution is -2.38. The highest BCUT2D eigenvalue weighted by molar-refractivity contribution is 5.81. The van der Waals surface area contributed by atoms with Gasteiger partial charge in [-0.05, 0) is 45.0 Å². The number of rotatable bonds is 6. The molecule has 0 atom stereocenters. The molecule has 0 saturated carbocycles. The van der Waals surface area contributed by atoms with Crippen LogP contribution in [0.15, 0.2) is 18.2 Å². The Morgan fingerprint density at radius 3 is 2.58 bits per heavy atom. The van der Waals surface area contributed by atoms with Gasteiger partial charge in [-0.3, -0.25) is 4.79 Å². The van der Waals surface area contributed by atoms with Crippen molar-refractivity contribution >= 4 is 11.6 Å². The lowest BCUT2D eigenvalue weighted by atomic mass is 10.1. The third kappa shape index (κ3) is 4.91. The second-order valence-corrected chi connectivity index (χ2v) is 5.23. The molecule has 0 unspecified atom stereocenters. The quantitative estimate of drug-likeness (QED) is 0.820. The van der Waals surface area contributed by atoms with Crippen LogP contribution in [0.25, 0.3) is 0 Å². The number of amides is 1. The summed E-state index contributed by atoms with van der Waals surface area (Å²) in [6.45, 7) is 7.25. The molecule has 0 spiro atoms. The number of hydrogen-bond donors (Lipinski definition) is 2. The molecule has 0 fully saturated rings. The zero-order valence-electron chi connectivity index (χ0n) is 12.6. The van der Waals surface area contributed by atoms with E-state index < -0.39 is 0 Å². The fourth-order valence-corrected chi connectivity index (χ4v) is 2.13. The van der Waals surface area contributed by atoms with E-state index in [-0.39, 0.29) is 11.9 Å². The molecule has 19 heavy (non-hydrogen) atoms. The zero-order valence-corrected chi connectivity index (χ0v) is 12.6. The van der Waals surface area contributed by atoms with Crippen LogP contribution in [-0.4, -0.2) is 32.6 Å². The minimum absolute atomic E-state index is 0.0520. The van der Waals surface area contributed by atoms with Crippen LogP contribution < -0.4 is 15.5 Å². The highest BCUT2D eigenvalue weighted by atomic mass is 16.2. The van der Waals surface area contributed by atoms with Crippen molar-refractivity contribution in [2.75, 3.05) is 25.5 Å². The van der Waals surface area contributed by atoms with Gasteiger partial charge in [-0.15, -0.1) is 0 Å². The number of anilines is 1. The summed E-state index contributed by atoms with van der Waals surface area (Å²) in [7, 11) is 3.88. The molecule has 106 valence electrons. The normalized spacial score (nSPS) is 10.6. The number of hydrogen-bond acceptors (Lipinski definition) is 3. The molecule has 1 aromatic rings. The molecular formula is C15H25N3O. The van der Waals surface area contributed by atoms with Crippen molar-refractivity contribution in [3.8, 4) is 0 Å². The SMILES string of the molecule is CNCc1ccc(N(C)CC(=O)NC(C)C)c(C)c1. The lowest BCUT2D eigenvalue weighted by molar-refractivity contribution is -0.120. The molecule has 1 amide bonds. The Kier molecular flexibility index (Phi) is 5.83. The van der Waals surface area contributed by atoms with Crippen molar-refractivity contribution in [3.63, 3.8) is 0 Å². The van der Waals surface area contributed by atoms with Crippen LogP contribution in [0.3, 0.4) is 0 Å². The standard InChI is InChI=1S/C15H25N3O/c1-11(2)17-15(19)10-18(5)14-7-6-13(9-16-4)8-12(14)3/h6-8,11,16H,9-10H2,1-5H3,(H,17,19). The summed E-state index contributed by atoms with van der Waals surface area (Å²) in [4.78, 5) is 13.7. The topological polar surface area (TPSA) is 44.4 Å². The summed E-state index contributed by atoms with van der Waals surface area (Å²) in [5, 5.41) is 6.04. The maximum absolute atomic E-state index is 11.8. The van der Waals surface area contributed by atoms with Gasteiger partial charge in [0.15, 0.2) is 0 Å². The third-order valence-corrected chi connectivity index (χ3v) is 2.88. The smallest absolute Gasteiger partial charge is 0.239 e. The van der Waals surface area contributed by atoms with Crippen molar-refractivity contribution in [2.45, 2.75) is 33.4 Å². The van der Waals surface area contributed by atoms with Gasteiger partial charge in [0.2, 0.25) is 5.91 Å². The van der Waals surface area contributed by atoms with Gasteiger partial charge >= 0.3 is 0 Å². The van der Waals surface area contributed by atoms with E-state index in [4.69, 9.17) is 0 Å². The Morgan fingerprint density at radius 2 is 2.05 bits per heavy atom. The number of carbonyl (C=O) groups is 1. The Labute approximate surface area is 116 Å². The Morgan fingerprint density at radius 1 is 1.37 bits per heavy atom. The van der Waals surface area contributed by atoms with Gasteiger partial charge in [-0.25, -0.2) is 0 Å². The average Bonchev–Trinajstić information content (AvgIpc) is 2.27. The molecule has 0 aliphatic rings. The van der Waals surface area contributed by atoms with E-state index in [2.05, 4.69) is 35.8 Å². The van der Waals surface area contributed by atoms with Crippen LogP contribution in [0.1, 0.15) is 25.0 Å². The summed E-state index contributed by atoms with van der Waals surface area (Å²) in [6, 6.07) is 6.50. The Hall–Kier alpha value is -1.55. The van der Waals surface area contributed by atoms with Crippen molar-refractivity contribution in [1.29, 1.82) is 0 Å². The van der Waals surface area contributed by atoms with E-state index in [0.29, 0.717) is 6.54 Å². The largest absolute Gasteiger partial charge is 0.365 e. The van der Waals surface area contributed by atoms with Crippen molar-refractivity contribution < 1.29 is 4.79 Å². The Bertz CT molecular complexity index is 429. The molecule has 0 bridgehead atoms. The minimum Gasteiger partial charge on any atom is -0.365 e. The molecule has 1 rings (SSSR count). The molecule has 0 aromatic heterocycles. The van der Waals surface area contributed by atoms with Crippen LogP contribution >= 0.6 is 0 Å². The molecule has 0 heterocycles. The molecule has 0 saturated heterocycles. The van der Waals surface area contributed by atoms with Crippen LogP contribution in [0.2, 0.25) is 0 Å². The summed E-state index contributed by atoms with van der Waals surface area (Å²) in [5.41, 5.74) is 3.54. The Balaban J connectivity index is 2.71. The summed E-state index contributed by atoms with van der Waals surface area (Å²) < 4.78 is 0. The second kappa shape index (κ2) is 7.14. The summed E-state index contributed by atoms with van der Waals surface area (Å²) in [6.07, 6.45) is 0. The van der Waals surface area contributed by atoms with Crippen molar-refractivity contribution in [2.24, 2.45) is 0 Å². The van der Waals surface area contributed by atoms with E-state index in [9.17, 15) is 4.79 Å². The van der Waals surface area contributed by atoms with Gasteiger partial charge in [0.1, 0.15) is 0 Å². The molecule has 1 aromatic carbocycles. The monoisotopic (exact) mass is 263 g/mol. The first-order valence-electron chi connectivity index (χ1n) is 6.68. The van der Waals surface area contributed by atoms with E-state index >= 15 is 0 Å². The van der Waals surface area contributed by atoms with Crippen LogP contribution in [-0.2, 0) is 11.3 Å². The first-order chi connectivity index (χ1) is 8.93. The first kappa shape index (κ1) is 15.5. The van der Waals surface area contributed by atoms with Crippen molar-refractivity contribution in [3.05, 3.63) is 29.3 Å². The number of likely N-dealkylation sites (N-methyl/N-ethyl adjacent to an activating group) is 1. The van der Waals surface area contributed by atoms with Crippen LogP contribution in [0.4, 0.5) is 5.69 Å². The van der Waals surface area contributed by atoms with Gasteiger partial charge in [-0.2, -0.15) is 0 Å². The van der Waals surface area contributed by atoms with Gasteiger partial charge in [0, 0.05) is 25.3 Å². The maximum Gasteiger partial charge on any atom is 0.239 e. The highest BCUT2D eigenvalue weighted by Gasteiger charge is 2.10. The third-order valence-electron chi connectivity index (χ3n) is 2.88. The average molecular weight is 263 g/mol. The predicted molar refractivity (Wildman–Crippen MR) is 80.5 cm³/mol. The minimum atomic E-state index is 0.0520. The van der Waals surface area contributed by atoms with Crippen molar-refractivity contribution in [1.82, 2.24) is 10.6 Å². The predicted octanol–water partition coefficient (Wildman–Crippen LogP) is 1.68. The lowest BCUT2D eigenvalue weighted by Gasteiger charge is -2.22. The number of aryl methyl sites for hydroxylation is 1. The van der Waals surface area contributed by atoms with E-state index in [0.717, 1.165) is 12.2 Å². The van der Waals surface area contributed by atoms with E-state index in [1.807, 2.05) is 32.8 Å². The number of benzene rings is 1. The number of nitrogens with zero attached hydrogens (tertiary/aromatic N) is 1. The van der Waals surface area contributed by atoms with E-state index in [1.165, 1.54) is 11.1 Å². The maximum atomic E-state index is 11.8. The molecule has 0 aliphatic heterocycles.